The van der Waals surface area contributed by atoms with Gasteiger partial charge in [0.2, 0.25) is 0 Å². The molecular weight excluding hydrogens is 783 g/mol. The number of hydrogen-bond acceptors (Lipinski definition) is 6. The molecule has 0 aliphatic rings. The number of nitrogens with one attached hydrogen (secondary N) is 5. The number of nitrogens with zero attached hydrogens (tertiary/aromatic N) is 1. The van der Waals surface area contributed by atoms with Crippen molar-refractivity contribution >= 4 is 118 Å². The van der Waals surface area contributed by atoms with Crippen molar-refractivity contribution in [2.45, 2.75) is 0 Å². The lowest BCUT2D eigenvalue weighted by atomic mass is 10.1. The molecule has 0 heterocycles. The second-order valence-electron chi connectivity index (χ2n) is 10.3. The van der Waals surface area contributed by atoms with Crippen LogP contribution in [0.4, 0.5) is 51.2 Å². The lowest BCUT2D eigenvalue weighted by Gasteiger charge is -2.32. The van der Waals surface area contributed by atoms with Gasteiger partial charge >= 0.3 is 0 Å². The van der Waals surface area contributed by atoms with E-state index < -0.39 is 0 Å². The Labute approximate surface area is 305 Å². The quantitative estimate of drug-likeness (QED) is 0.0841. The van der Waals surface area contributed by atoms with Crippen molar-refractivity contribution in [2.24, 2.45) is 0 Å². The molecule has 0 bridgehead atoms. The van der Waals surface area contributed by atoms with Crippen LogP contribution in [0.15, 0.2) is 142 Å². The summed E-state index contributed by atoms with van der Waals surface area (Å²) in [6.07, 6.45) is 0. The fraction of sp³-hybridized carbons (Fsp3) is 0. The third-order valence-corrected chi connectivity index (χ3v) is 9.26. The van der Waals surface area contributed by atoms with E-state index in [1.165, 1.54) is 0 Å². The lowest BCUT2D eigenvalue weighted by Crippen LogP contribution is -2.36. The third kappa shape index (κ3) is 8.27. The van der Waals surface area contributed by atoms with E-state index in [9.17, 15) is 0 Å². The standard InChI is InChI=1S/C36H27Br2Cl3N6/c37-28-13-4-6-15-30(28)46-47(45-26-19-17-23(39)18-20-26)33-22-32(42-25-10-2-1-3-11-25)35(44-31-16-7-5-14-29(31)41)34(38)36(33)43-27-12-8-9-24(40)21-27/h1-22,42-46H. The van der Waals surface area contributed by atoms with E-state index in [2.05, 4.69) is 58.7 Å². The minimum atomic E-state index is 0.583. The van der Waals surface area contributed by atoms with E-state index in [0.717, 1.165) is 60.1 Å². The Hall–Kier alpha value is -4.05. The van der Waals surface area contributed by atoms with Crippen LogP contribution in [0.25, 0.3) is 0 Å². The van der Waals surface area contributed by atoms with Crippen molar-refractivity contribution in [1.29, 1.82) is 0 Å². The van der Waals surface area contributed by atoms with E-state index in [-0.39, 0.29) is 0 Å². The second kappa shape index (κ2) is 15.2. The summed E-state index contributed by atoms with van der Waals surface area (Å²) in [5.41, 5.74) is 14.1. The minimum absolute atomic E-state index is 0.583. The number of hydrazine groups is 2. The normalized spacial score (nSPS) is 10.7. The molecule has 6 aromatic carbocycles. The molecule has 0 amide bonds. The van der Waals surface area contributed by atoms with Gasteiger partial charge in [-0.3, -0.25) is 10.9 Å². The highest BCUT2D eigenvalue weighted by atomic mass is 79.9. The second-order valence-corrected chi connectivity index (χ2v) is 13.2. The zero-order chi connectivity index (χ0) is 32.8. The van der Waals surface area contributed by atoms with Crippen LogP contribution in [0.3, 0.4) is 0 Å². The average molecular weight is 810 g/mol. The third-order valence-electron chi connectivity index (χ3n) is 6.96. The molecule has 6 nitrogen and oxygen atoms in total. The Morgan fingerprint density at radius 1 is 0.468 bits per heavy atom. The predicted octanol–water partition coefficient (Wildman–Crippen LogP) is 13.3. The highest BCUT2D eigenvalue weighted by Gasteiger charge is 2.23. The maximum atomic E-state index is 6.64. The Morgan fingerprint density at radius 2 is 1.15 bits per heavy atom. The number of halogens is 5. The molecule has 0 aromatic heterocycles. The van der Waals surface area contributed by atoms with Crippen molar-refractivity contribution in [3.8, 4) is 0 Å². The van der Waals surface area contributed by atoms with Crippen LogP contribution in [0.1, 0.15) is 0 Å². The highest BCUT2D eigenvalue weighted by molar-refractivity contribution is 9.11. The maximum Gasteiger partial charge on any atom is 0.108 e. The van der Waals surface area contributed by atoms with Gasteiger partial charge in [-0.1, -0.05) is 83.3 Å². The molecule has 0 unspecified atom stereocenters. The van der Waals surface area contributed by atoms with Gasteiger partial charge in [0.15, 0.2) is 0 Å². The summed E-state index contributed by atoms with van der Waals surface area (Å²) in [7, 11) is 0. The fourth-order valence-corrected chi connectivity index (χ4v) is 6.20. The summed E-state index contributed by atoms with van der Waals surface area (Å²) >= 11 is 27.0. The monoisotopic (exact) mass is 806 g/mol. The first-order valence-electron chi connectivity index (χ1n) is 14.4. The van der Waals surface area contributed by atoms with Crippen molar-refractivity contribution in [3.63, 3.8) is 0 Å². The van der Waals surface area contributed by atoms with E-state index in [1.807, 2.05) is 139 Å². The summed E-state index contributed by atoms with van der Waals surface area (Å²) in [6.45, 7) is 0. The van der Waals surface area contributed by atoms with Gasteiger partial charge in [-0.2, -0.15) is 5.12 Å². The Balaban J connectivity index is 1.57. The average Bonchev–Trinajstić information content (AvgIpc) is 3.07. The smallest absolute Gasteiger partial charge is 0.108 e. The van der Waals surface area contributed by atoms with Crippen LogP contribution < -0.4 is 31.9 Å². The molecule has 0 saturated heterocycles. The number of rotatable bonds is 11. The van der Waals surface area contributed by atoms with Gasteiger partial charge in [0.25, 0.3) is 0 Å². The van der Waals surface area contributed by atoms with Crippen molar-refractivity contribution in [3.05, 3.63) is 157 Å². The Morgan fingerprint density at radius 3 is 1.87 bits per heavy atom. The van der Waals surface area contributed by atoms with Gasteiger partial charge in [-0.15, -0.1) is 0 Å². The predicted molar refractivity (Wildman–Crippen MR) is 209 cm³/mol. The van der Waals surface area contributed by atoms with Gasteiger partial charge < -0.3 is 16.0 Å². The SMILES string of the molecule is Clc1ccc(NN(Nc2ccccc2Br)c2cc(Nc3ccccc3)c(Nc3ccccc3Cl)c(Br)c2Nc2cccc(Cl)c2)cc1. The van der Waals surface area contributed by atoms with E-state index in [4.69, 9.17) is 34.8 Å². The molecule has 0 aliphatic carbocycles. The summed E-state index contributed by atoms with van der Waals surface area (Å²) in [4.78, 5) is 0. The topological polar surface area (TPSA) is 63.4 Å². The molecule has 6 aromatic rings. The van der Waals surface area contributed by atoms with Gasteiger partial charge in [-0.25, -0.2) is 0 Å². The first-order valence-corrected chi connectivity index (χ1v) is 17.1. The summed E-state index contributed by atoms with van der Waals surface area (Å²) < 4.78 is 1.61. The summed E-state index contributed by atoms with van der Waals surface area (Å²) in [5.74, 6) is 0. The van der Waals surface area contributed by atoms with E-state index in [1.54, 1.807) is 0 Å². The zero-order valence-electron chi connectivity index (χ0n) is 24.5. The van der Waals surface area contributed by atoms with Crippen molar-refractivity contribution in [1.82, 2.24) is 0 Å². The van der Waals surface area contributed by atoms with Crippen molar-refractivity contribution in [2.75, 3.05) is 31.9 Å². The molecule has 6 rings (SSSR count). The molecule has 0 saturated carbocycles. The van der Waals surface area contributed by atoms with E-state index >= 15 is 0 Å². The molecule has 0 spiro atoms. The first-order chi connectivity index (χ1) is 22.8. The minimum Gasteiger partial charge on any atom is -0.354 e. The molecule has 47 heavy (non-hydrogen) atoms. The van der Waals surface area contributed by atoms with E-state index in [0.29, 0.717) is 15.1 Å². The van der Waals surface area contributed by atoms with Gasteiger partial charge in [0.1, 0.15) is 5.69 Å². The first kappa shape index (κ1) is 32.9. The summed E-state index contributed by atoms with van der Waals surface area (Å²) in [5, 5.41) is 14.4. The van der Waals surface area contributed by atoms with Crippen LogP contribution in [0.5, 0.6) is 0 Å². The largest absolute Gasteiger partial charge is 0.354 e. The Bertz CT molecular complexity index is 1990. The Kier molecular flexibility index (Phi) is 10.7. The van der Waals surface area contributed by atoms with Gasteiger partial charge in [-0.05, 0) is 117 Å². The molecule has 11 heteroatoms. The molecule has 236 valence electrons. The number of anilines is 9. The summed E-state index contributed by atoms with van der Waals surface area (Å²) in [6, 6.07) is 42.5. The number of hydrogen-bond donors (Lipinski definition) is 5. The van der Waals surface area contributed by atoms with Crippen LogP contribution in [0.2, 0.25) is 15.1 Å². The molecule has 5 N–H and O–H groups in total. The fourth-order valence-electron chi connectivity index (χ4n) is 4.71. The van der Waals surface area contributed by atoms with Crippen LogP contribution in [0, 0.1) is 0 Å². The van der Waals surface area contributed by atoms with Crippen LogP contribution >= 0.6 is 66.7 Å². The zero-order valence-corrected chi connectivity index (χ0v) is 30.0. The molecule has 0 atom stereocenters. The lowest BCUT2D eigenvalue weighted by molar-refractivity contribution is 1.06. The van der Waals surface area contributed by atoms with Crippen molar-refractivity contribution < 1.29 is 0 Å². The van der Waals surface area contributed by atoms with Gasteiger partial charge in [0, 0.05) is 25.9 Å². The van der Waals surface area contributed by atoms with Crippen LogP contribution in [-0.2, 0) is 0 Å². The number of benzene rings is 6. The maximum absolute atomic E-state index is 6.64. The molecule has 0 aliphatic heterocycles. The highest BCUT2D eigenvalue weighted by Crippen LogP contribution is 2.48. The molecular formula is C36H27Br2Cl3N6. The van der Waals surface area contributed by atoms with Crippen LogP contribution in [-0.4, -0.2) is 0 Å². The number of para-hydroxylation sites is 3. The molecule has 0 fully saturated rings. The van der Waals surface area contributed by atoms with Gasteiger partial charge in [0.05, 0.1) is 43.6 Å². The molecule has 0 radical (unpaired) electrons.